The average Bonchev–Trinajstić information content (AvgIpc) is 2.48. The number of rotatable bonds is 7. The summed E-state index contributed by atoms with van der Waals surface area (Å²) < 4.78 is 11.2. The summed E-state index contributed by atoms with van der Waals surface area (Å²) in [6.07, 6.45) is 0. The predicted molar refractivity (Wildman–Crippen MR) is 75.9 cm³/mol. The van der Waals surface area contributed by atoms with E-state index in [1.54, 1.807) is 0 Å². The van der Waals surface area contributed by atoms with Gasteiger partial charge in [0.05, 0.1) is 13.2 Å². The molecule has 2 aromatic carbocycles. The first-order valence-electron chi connectivity index (χ1n) is 6.42. The molecule has 100 valence electrons. The lowest BCUT2D eigenvalue weighted by Gasteiger charge is -2.09. The van der Waals surface area contributed by atoms with Gasteiger partial charge in [0.15, 0.2) is 0 Å². The van der Waals surface area contributed by atoms with Crippen molar-refractivity contribution in [1.29, 1.82) is 0 Å². The molecule has 0 bridgehead atoms. The van der Waals surface area contributed by atoms with E-state index in [1.165, 1.54) is 0 Å². The van der Waals surface area contributed by atoms with Gasteiger partial charge in [-0.05, 0) is 23.3 Å². The van der Waals surface area contributed by atoms with Gasteiger partial charge >= 0.3 is 0 Å². The number of para-hydroxylation sites is 1. The average molecular weight is 257 g/mol. The van der Waals surface area contributed by atoms with Crippen molar-refractivity contribution in [3.8, 4) is 5.75 Å². The molecule has 0 spiro atoms. The van der Waals surface area contributed by atoms with Gasteiger partial charge in [-0.1, -0.05) is 42.5 Å². The number of ether oxygens (including phenoxy) is 2. The van der Waals surface area contributed by atoms with Crippen LogP contribution in [0.15, 0.2) is 54.6 Å². The van der Waals surface area contributed by atoms with E-state index in [-0.39, 0.29) is 0 Å². The Labute approximate surface area is 114 Å². The Bertz CT molecular complexity index is 485. The SMILES string of the molecule is NCc1ccccc1COCCOc1ccccc1. The molecule has 0 aliphatic carbocycles. The summed E-state index contributed by atoms with van der Waals surface area (Å²) in [5, 5.41) is 0. The van der Waals surface area contributed by atoms with Crippen molar-refractivity contribution in [3.63, 3.8) is 0 Å². The molecule has 0 aromatic heterocycles. The van der Waals surface area contributed by atoms with E-state index in [0.29, 0.717) is 26.4 Å². The lowest BCUT2D eigenvalue weighted by molar-refractivity contribution is 0.0885. The predicted octanol–water partition coefficient (Wildman–Crippen LogP) is 2.74. The topological polar surface area (TPSA) is 44.5 Å². The van der Waals surface area contributed by atoms with E-state index >= 15 is 0 Å². The molecule has 19 heavy (non-hydrogen) atoms. The zero-order valence-corrected chi connectivity index (χ0v) is 10.9. The lowest BCUT2D eigenvalue weighted by atomic mass is 10.1. The Balaban J connectivity index is 1.69. The van der Waals surface area contributed by atoms with Crippen LogP contribution in [0.25, 0.3) is 0 Å². The third kappa shape index (κ3) is 4.39. The summed E-state index contributed by atoms with van der Waals surface area (Å²) in [7, 11) is 0. The molecule has 0 saturated heterocycles. The Kier molecular flexibility index (Phi) is 5.41. The first-order chi connectivity index (χ1) is 9.40. The van der Waals surface area contributed by atoms with Gasteiger partial charge in [0.1, 0.15) is 12.4 Å². The summed E-state index contributed by atoms with van der Waals surface area (Å²) in [4.78, 5) is 0. The zero-order chi connectivity index (χ0) is 13.3. The van der Waals surface area contributed by atoms with Crippen LogP contribution >= 0.6 is 0 Å². The van der Waals surface area contributed by atoms with E-state index in [0.717, 1.165) is 16.9 Å². The summed E-state index contributed by atoms with van der Waals surface area (Å²) in [6, 6.07) is 17.8. The number of hydrogen-bond donors (Lipinski definition) is 1. The smallest absolute Gasteiger partial charge is 0.119 e. The number of nitrogens with two attached hydrogens (primary N) is 1. The maximum atomic E-state index is 5.68. The fourth-order valence-corrected chi connectivity index (χ4v) is 1.81. The fourth-order valence-electron chi connectivity index (χ4n) is 1.81. The Morgan fingerprint density at radius 2 is 1.47 bits per heavy atom. The van der Waals surface area contributed by atoms with Gasteiger partial charge in [-0.25, -0.2) is 0 Å². The molecule has 0 atom stereocenters. The van der Waals surface area contributed by atoms with Gasteiger partial charge in [-0.15, -0.1) is 0 Å². The van der Waals surface area contributed by atoms with Gasteiger partial charge in [0.25, 0.3) is 0 Å². The summed E-state index contributed by atoms with van der Waals surface area (Å²) in [6.45, 7) is 2.23. The second-order valence-corrected chi connectivity index (χ2v) is 4.19. The van der Waals surface area contributed by atoms with Crippen molar-refractivity contribution in [3.05, 3.63) is 65.7 Å². The largest absolute Gasteiger partial charge is 0.491 e. The maximum absolute atomic E-state index is 5.68. The van der Waals surface area contributed by atoms with Crippen molar-refractivity contribution in [1.82, 2.24) is 0 Å². The quantitative estimate of drug-likeness (QED) is 0.776. The fraction of sp³-hybridized carbons (Fsp3) is 0.250. The monoisotopic (exact) mass is 257 g/mol. The minimum atomic E-state index is 0.542. The van der Waals surface area contributed by atoms with E-state index in [2.05, 4.69) is 0 Å². The van der Waals surface area contributed by atoms with Crippen LogP contribution in [0.3, 0.4) is 0 Å². The lowest BCUT2D eigenvalue weighted by Crippen LogP contribution is -2.08. The van der Waals surface area contributed by atoms with Crippen LogP contribution < -0.4 is 10.5 Å². The zero-order valence-electron chi connectivity index (χ0n) is 10.9. The van der Waals surface area contributed by atoms with E-state index < -0.39 is 0 Å². The molecule has 2 rings (SSSR count). The third-order valence-corrected chi connectivity index (χ3v) is 2.84. The van der Waals surface area contributed by atoms with E-state index in [4.69, 9.17) is 15.2 Å². The van der Waals surface area contributed by atoms with E-state index in [9.17, 15) is 0 Å². The summed E-state index contributed by atoms with van der Waals surface area (Å²) in [5.74, 6) is 0.869. The van der Waals surface area contributed by atoms with Crippen LogP contribution in [0.4, 0.5) is 0 Å². The highest BCUT2D eigenvalue weighted by molar-refractivity contribution is 5.26. The maximum Gasteiger partial charge on any atom is 0.119 e. The van der Waals surface area contributed by atoms with Crippen molar-refractivity contribution >= 4 is 0 Å². The number of benzene rings is 2. The van der Waals surface area contributed by atoms with Gasteiger partial charge in [-0.3, -0.25) is 0 Å². The third-order valence-electron chi connectivity index (χ3n) is 2.84. The van der Waals surface area contributed by atoms with Gasteiger partial charge in [0, 0.05) is 6.54 Å². The molecule has 0 radical (unpaired) electrons. The Morgan fingerprint density at radius 3 is 2.21 bits per heavy atom. The first-order valence-corrected chi connectivity index (χ1v) is 6.42. The second kappa shape index (κ2) is 7.56. The minimum Gasteiger partial charge on any atom is -0.491 e. The van der Waals surface area contributed by atoms with Crippen LogP contribution in [0.2, 0.25) is 0 Å². The molecule has 2 aromatic rings. The van der Waals surface area contributed by atoms with Crippen molar-refractivity contribution in [2.45, 2.75) is 13.2 Å². The molecular weight excluding hydrogens is 238 g/mol. The van der Waals surface area contributed by atoms with E-state index in [1.807, 2.05) is 54.6 Å². The molecule has 3 heteroatoms. The number of hydrogen-bond acceptors (Lipinski definition) is 3. The summed E-state index contributed by atoms with van der Waals surface area (Å²) in [5.41, 5.74) is 7.95. The molecule has 0 aliphatic heterocycles. The first kappa shape index (κ1) is 13.6. The standard InChI is InChI=1S/C16H19NO2/c17-12-14-6-4-5-7-15(14)13-18-10-11-19-16-8-2-1-3-9-16/h1-9H,10-13,17H2. The molecular formula is C16H19NO2. The van der Waals surface area contributed by atoms with Crippen molar-refractivity contribution < 1.29 is 9.47 Å². The van der Waals surface area contributed by atoms with Gasteiger partial charge in [0.2, 0.25) is 0 Å². The summed E-state index contributed by atoms with van der Waals surface area (Å²) >= 11 is 0. The van der Waals surface area contributed by atoms with Crippen LogP contribution in [-0.4, -0.2) is 13.2 Å². The second-order valence-electron chi connectivity index (χ2n) is 4.19. The van der Waals surface area contributed by atoms with Crippen LogP contribution in [0, 0.1) is 0 Å². The molecule has 0 saturated carbocycles. The molecule has 0 fully saturated rings. The van der Waals surface area contributed by atoms with Gasteiger partial charge in [-0.2, -0.15) is 0 Å². The Morgan fingerprint density at radius 1 is 0.789 bits per heavy atom. The normalized spacial score (nSPS) is 10.4. The molecule has 0 amide bonds. The van der Waals surface area contributed by atoms with Gasteiger partial charge < -0.3 is 15.2 Å². The molecule has 0 heterocycles. The van der Waals surface area contributed by atoms with Crippen LogP contribution in [-0.2, 0) is 17.9 Å². The Hall–Kier alpha value is -1.84. The van der Waals surface area contributed by atoms with Crippen molar-refractivity contribution in [2.24, 2.45) is 5.73 Å². The molecule has 0 aliphatic rings. The molecule has 3 nitrogen and oxygen atoms in total. The highest BCUT2D eigenvalue weighted by Gasteiger charge is 1.99. The highest BCUT2D eigenvalue weighted by atomic mass is 16.5. The molecule has 0 unspecified atom stereocenters. The van der Waals surface area contributed by atoms with Crippen LogP contribution in [0.1, 0.15) is 11.1 Å². The highest BCUT2D eigenvalue weighted by Crippen LogP contribution is 2.10. The molecule has 2 N–H and O–H groups in total. The van der Waals surface area contributed by atoms with Crippen molar-refractivity contribution in [2.75, 3.05) is 13.2 Å². The van der Waals surface area contributed by atoms with Crippen LogP contribution in [0.5, 0.6) is 5.75 Å². The minimum absolute atomic E-state index is 0.542.